The monoisotopic (exact) mass is 322 g/mol. The summed E-state index contributed by atoms with van der Waals surface area (Å²) in [5.41, 5.74) is 2.20. The molecular formula is C18H30N2O3. The number of likely N-dealkylation sites (N-methyl/N-ethyl adjacent to an activating group) is 1. The van der Waals surface area contributed by atoms with E-state index >= 15 is 0 Å². The number of ether oxygens (including phenoxy) is 2. The molecule has 1 heterocycles. The molecule has 1 aromatic carbocycles. The number of hydrogen-bond donors (Lipinski definition) is 1. The van der Waals surface area contributed by atoms with Gasteiger partial charge >= 0.3 is 0 Å². The number of hydrogen-bond acceptors (Lipinski definition) is 5. The topological polar surface area (TPSA) is 45.2 Å². The summed E-state index contributed by atoms with van der Waals surface area (Å²) in [6.07, 6.45) is -0.302. The molecule has 0 aliphatic carbocycles. The molecule has 1 N–H and O–H groups in total. The fourth-order valence-electron chi connectivity index (χ4n) is 3.24. The lowest BCUT2D eigenvalue weighted by atomic mass is 10.1. The van der Waals surface area contributed by atoms with Crippen LogP contribution in [0.3, 0.4) is 0 Å². The second-order valence-electron chi connectivity index (χ2n) is 6.34. The fourth-order valence-corrected chi connectivity index (χ4v) is 3.24. The molecule has 1 saturated heterocycles. The summed E-state index contributed by atoms with van der Waals surface area (Å²) in [4.78, 5) is 4.38. The van der Waals surface area contributed by atoms with Gasteiger partial charge in [0.15, 0.2) is 0 Å². The highest BCUT2D eigenvalue weighted by molar-refractivity contribution is 5.49. The Morgan fingerprint density at radius 2 is 1.87 bits per heavy atom. The van der Waals surface area contributed by atoms with Crippen molar-refractivity contribution in [1.82, 2.24) is 9.80 Å². The van der Waals surface area contributed by atoms with Crippen LogP contribution in [0, 0.1) is 6.92 Å². The highest BCUT2D eigenvalue weighted by Gasteiger charge is 2.33. The summed E-state index contributed by atoms with van der Waals surface area (Å²) in [5.74, 6) is 1.80. The van der Waals surface area contributed by atoms with Crippen LogP contribution in [0.5, 0.6) is 11.5 Å². The number of nitrogens with zero attached hydrogens (tertiary/aromatic N) is 2. The molecule has 2 atom stereocenters. The van der Waals surface area contributed by atoms with Gasteiger partial charge < -0.3 is 19.5 Å². The Kier molecular flexibility index (Phi) is 6.27. The number of benzene rings is 1. The molecule has 2 rings (SSSR count). The number of β-amino-alcohol motifs (C(OH)–C–C–N with tert-alkyl or cyclic N) is 1. The van der Waals surface area contributed by atoms with Gasteiger partial charge in [0.2, 0.25) is 0 Å². The van der Waals surface area contributed by atoms with Crippen LogP contribution in [0.25, 0.3) is 0 Å². The van der Waals surface area contributed by atoms with Crippen LogP contribution in [0.2, 0.25) is 0 Å². The Labute approximate surface area is 139 Å². The van der Waals surface area contributed by atoms with Crippen LogP contribution in [-0.4, -0.2) is 67.5 Å². The average Bonchev–Trinajstić information content (AvgIpc) is 2.87. The molecule has 5 heteroatoms. The molecule has 23 heavy (non-hydrogen) atoms. The third kappa shape index (κ3) is 4.16. The summed E-state index contributed by atoms with van der Waals surface area (Å²) in [5, 5.41) is 10.2. The van der Waals surface area contributed by atoms with Crippen LogP contribution >= 0.6 is 0 Å². The van der Waals surface area contributed by atoms with E-state index in [1.165, 1.54) is 0 Å². The molecule has 5 nitrogen and oxygen atoms in total. The van der Waals surface area contributed by atoms with E-state index in [0.717, 1.165) is 35.7 Å². The zero-order chi connectivity index (χ0) is 17.0. The van der Waals surface area contributed by atoms with Gasteiger partial charge in [0.05, 0.1) is 19.3 Å². The van der Waals surface area contributed by atoms with E-state index in [4.69, 9.17) is 9.47 Å². The van der Waals surface area contributed by atoms with Crippen molar-refractivity contribution in [2.75, 3.05) is 40.4 Å². The minimum atomic E-state index is -0.302. The first-order valence-electron chi connectivity index (χ1n) is 8.42. The van der Waals surface area contributed by atoms with Crippen molar-refractivity contribution in [2.45, 2.75) is 39.5 Å². The first-order chi connectivity index (χ1) is 11.0. The maximum atomic E-state index is 10.2. The maximum Gasteiger partial charge on any atom is 0.130 e. The van der Waals surface area contributed by atoms with Gasteiger partial charge in [-0.15, -0.1) is 0 Å². The van der Waals surface area contributed by atoms with E-state index in [2.05, 4.69) is 15.9 Å². The van der Waals surface area contributed by atoms with E-state index in [9.17, 15) is 5.11 Å². The Morgan fingerprint density at radius 1 is 1.17 bits per heavy atom. The summed E-state index contributed by atoms with van der Waals surface area (Å²) in [7, 11) is 4.04. The van der Waals surface area contributed by atoms with Gasteiger partial charge in [0, 0.05) is 36.8 Å². The SMILES string of the molecule is CCOc1ccc(CN2C[C@@H](O)[C@H](N(C)C)C2)c(OCC)c1C. The maximum absolute atomic E-state index is 10.2. The second-order valence-corrected chi connectivity index (χ2v) is 6.34. The van der Waals surface area contributed by atoms with Gasteiger partial charge in [0.25, 0.3) is 0 Å². The van der Waals surface area contributed by atoms with Crippen molar-refractivity contribution in [3.63, 3.8) is 0 Å². The Hall–Kier alpha value is -1.30. The lowest BCUT2D eigenvalue weighted by molar-refractivity contribution is 0.112. The molecule has 0 unspecified atom stereocenters. The van der Waals surface area contributed by atoms with Gasteiger partial charge in [-0.2, -0.15) is 0 Å². The van der Waals surface area contributed by atoms with Crippen molar-refractivity contribution in [3.05, 3.63) is 23.3 Å². The minimum absolute atomic E-state index is 0.189. The molecule has 0 bridgehead atoms. The molecule has 1 aromatic rings. The molecule has 130 valence electrons. The summed E-state index contributed by atoms with van der Waals surface area (Å²) < 4.78 is 11.6. The van der Waals surface area contributed by atoms with E-state index in [0.29, 0.717) is 19.8 Å². The zero-order valence-electron chi connectivity index (χ0n) is 15.0. The normalized spacial score (nSPS) is 21.9. The number of aliphatic hydroxyl groups is 1. The summed E-state index contributed by atoms with van der Waals surface area (Å²) >= 11 is 0. The molecular weight excluding hydrogens is 292 g/mol. The van der Waals surface area contributed by atoms with Gasteiger partial charge in [-0.3, -0.25) is 4.90 Å². The first-order valence-corrected chi connectivity index (χ1v) is 8.42. The Balaban J connectivity index is 2.18. The molecule has 0 amide bonds. The number of likely N-dealkylation sites (tertiary alicyclic amines) is 1. The standard InChI is InChI=1S/C18H30N2O3/c1-6-22-17-9-8-14(18(13(17)3)23-7-2)10-20-11-15(19(4)5)16(21)12-20/h8-9,15-16,21H,6-7,10-12H2,1-5H3/t15-,16-/m1/s1. The minimum Gasteiger partial charge on any atom is -0.493 e. The Morgan fingerprint density at radius 3 is 2.43 bits per heavy atom. The molecule has 1 aliphatic heterocycles. The van der Waals surface area contributed by atoms with E-state index in [1.807, 2.05) is 40.9 Å². The average molecular weight is 322 g/mol. The lowest BCUT2D eigenvalue weighted by Crippen LogP contribution is -2.37. The van der Waals surface area contributed by atoms with Crippen molar-refractivity contribution in [1.29, 1.82) is 0 Å². The quantitative estimate of drug-likeness (QED) is 0.831. The molecule has 0 radical (unpaired) electrons. The second kappa shape index (κ2) is 7.99. The van der Waals surface area contributed by atoms with Crippen LogP contribution in [-0.2, 0) is 6.54 Å². The van der Waals surface area contributed by atoms with Crippen molar-refractivity contribution in [2.24, 2.45) is 0 Å². The van der Waals surface area contributed by atoms with Crippen LogP contribution < -0.4 is 9.47 Å². The van der Waals surface area contributed by atoms with Gasteiger partial charge in [-0.1, -0.05) is 6.07 Å². The van der Waals surface area contributed by atoms with Gasteiger partial charge in [-0.05, 0) is 40.9 Å². The molecule has 0 saturated carbocycles. The third-order valence-electron chi connectivity index (χ3n) is 4.42. The molecule has 0 aromatic heterocycles. The molecule has 1 aliphatic rings. The van der Waals surface area contributed by atoms with Gasteiger partial charge in [-0.25, -0.2) is 0 Å². The number of aliphatic hydroxyl groups excluding tert-OH is 1. The largest absolute Gasteiger partial charge is 0.493 e. The molecule has 0 spiro atoms. The summed E-state index contributed by atoms with van der Waals surface area (Å²) in [6, 6.07) is 4.29. The number of rotatable bonds is 7. The lowest BCUT2D eigenvalue weighted by Gasteiger charge is -2.22. The summed E-state index contributed by atoms with van der Waals surface area (Å²) in [6.45, 7) is 9.65. The van der Waals surface area contributed by atoms with E-state index < -0.39 is 0 Å². The Bertz CT molecular complexity index is 519. The first kappa shape index (κ1) is 18.0. The highest BCUT2D eigenvalue weighted by Crippen LogP contribution is 2.33. The van der Waals surface area contributed by atoms with E-state index in [-0.39, 0.29) is 12.1 Å². The van der Waals surface area contributed by atoms with Crippen molar-refractivity contribution in [3.8, 4) is 11.5 Å². The van der Waals surface area contributed by atoms with Crippen molar-refractivity contribution >= 4 is 0 Å². The third-order valence-corrected chi connectivity index (χ3v) is 4.42. The van der Waals surface area contributed by atoms with Crippen LogP contribution in [0.1, 0.15) is 25.0 Å². The predicted molar refractivity (Wildman–Crippen MR) is 92.3 cm³/mol. The van der Waals surface area contributed by atoms with Crippen LogP contribution in [0.4, 0.5) is 0 Å². The molecule has 1 fully saturated rings. The fraction of sp³-hybridized carbons (Fsp3) is 0.667. The van der Waals surface area contributed by atoms with E-state index in [1.54, 1.807) is 0 Å². The van der Waals surface area contributed by atoms with Crippen molar-refractivity contribution < 1.29 is 14.6 Å². The van der Waals surface area contributed by atoms with Crippen LogP contribution in [0.15, 0.2) is 12.1 Å². The zero-order valence-corrected chi connectivity index (χ0v) is 15.0. The highest BCUT2D eigenvalue weighted by atomic mass is 16.5. The predicted octanol–water partition coefficient (Wildman–Crippen LogP) is 1.90. The smallest absolute Gasteiger partial charge is 0.130 e. The van der Waals surface area contributed by atoms with Gasteiger partial charge in [0.1, 0.15) is 11.5 Å².